The summed E-state index contributed by atoms with van der Waals surface area (Å²) in [6, 6.07) is 3.80. The lowest BCUT2D eigenvalue weighted by Gasteiger charge is -2.15. The molecular formula is C9H8BrNO2. The predicted molar refractivity (Wildman–Crippen MR) is 51.8 cm³/mol. The van der Waals surface area contributed by atoms with Gasteiger partial charge < -0.3 is 9.47 Å². The van der Waals surface area contributed by atoms with Gasteiger partial charge >= 0.3 is 0 Å². The van der Waals surface area contributed by atoms with Crippen LogP contribution in [-0.4, -0.2) is 18.2 Å². The molecule has 0 N–H and O–H groups in total. The first-order chi connectivity index (χ1) is 6.36. The van der Waals surface area contributed by atoms with Crippen LogP contribution in [0.1, 0.15) is 5.56 Å². The lowest BCUT2D eigenvalue weighted by molar-refractivity contribution is 0.125. The minimum Gasteiger partial charge on any atom is -0.494 e. The van der Waals surface area contributed by atoms with Crippen molar-refractivity contribution in [3.05, 3.63) is 34.8 Å². The van der Waals surface area contributed by atoms with Gasteiger partial charge in [0.25, 0.3) is 0 Å². The van der Waals surface area contributed by atoms with Crippen LogP contribution in [-0.2, 0) is 9.47 Å². The molecule has 1 aromatic rings. The number of halogens is 1. The SMILES string of the molecule is Brc1ccc(C2=COCCO2)cn1. The Morgan fingerprint density at radius 2 is 2.23 bits per heavy atom. The van der Waals surface area contributed by atoms with E-state index in [2.05, 4.69) is 20.9 Å². The Morgan fingerprint density at radius 3 is 2.85 bits per heavy atom. The standard InChI is InChI=1S/C9H8BrNO2/c10-9-2-1-7(5-11-9)8-6-12-3-4-13-8/h1-2,5-6H,3-4H2. The number of hydrogen-bond acceptors (Lipinski definition) is 3. The minimum atomic E-state index is 0.599. The molecule has 0 bridgehead atoms. The van der Waals surface area contributed by atoms with Crippen molar-refractivity contribution in [1.82, 2.24) is 4.98 Å². The molecule has 1 aliphatic heterocycles. The molecule has 0 atom stereocenters. The highest BCUT2D eigenvalue weighted by molar-refractivity contribution is 9.10. The molecule has 13 heavy (non-hydrogen) atoms. The van der Waals surface area contributed by atoms with Crippen molar-refractivity contribution in [1.29, 1.82) is 0 Å². The molecule has 0 radical (unpaired) electrons. The summed E-state index contributed by atoms with van der Waals surface area (Å²) < 4.78 is 11.3. The largest absolute Gasteiger partial charge is 0.494 e. The maximum atomic E-state index is 5.38. The first-order valence-corrected chi connectivity index (χ1v) is 4.72. The van der Waals surface area contributed by atoms with E-state index >= 15 is 0 Å². The fraction of sp³-hybridized carbons (Fsp3) is 0.222. The Bertz CT molecular complexity index is 321. The van der Waals surface area contributed by atoms with Crippen molar-refractivity contribution >= 4 is 21.7 Å². The van der Waals surface area contributed by atoms with Gasteiger partial charge in [-0.2, -0.15) is 0 Å². The summed E-state index contributed by atoms with van der Waals surface area (Å²) in [6.07, 6.45) is 3.36. The van der Waals surface area contributed by atoms with Gasteiger partial charge in [0, 0.05) is 11.8 Å². The number of ether oxygens (including phenoxy) is 2. The van der Waals surface area contributed by atoms with E-state index in [1.807, 2.05) is 12.1 Å². The topological polar surface area (TPSA) is 31.4 Å². The monoisotopic (exact) mass is 241 g/mol. The zero-order valence-corrected chi connectivity index (χ0v) is 8.45. The van der Waals surface area contributed by atoms with Gasteiger partial charge in [0.2, 0.25) is 0 Å². The lowest BCUT2D eigenvalue weighted by Crippen LogP contribution is -2.07. The molecule has 0 amide bonds. The van der Waals surface area contributed by atoms with Crippen molar-refractivity contribution in [2.24, 2.45) is 0 Å². The van der Waals surface area contributed by atoms with Crippen molar-refractivity contribution in [2.75, 3.05) is 13.2 Å². The predicted octanol–water partition coefficient (Wildman–Crippen LogP) is 2.19. The Balaban J connectivity index is 2.24. The third kappa shape index (κ3) is 2.01. The summed E-state index contributed by atoms with van der Waals surface area (Å²) in [5.74, 6) is 0.742. The van der Waals surface area contributed by atoms with Gasteiger partial charge in [0.15, 0.2) is 5.76 Å². The molecule has 0 fully saturated rings. The van der Waals surface area contributed by atoms with Crippen LogP contribution in [0.25, 0.3) is 5.76 Å². The van der Waals surface area contributed by atoms with Crippen LogP contribution in [0.15, 0.2) is 29.2 Å². The van der Waals surface area contributed by atoms with Crippen LogP contribution in [0.5, 0.6) is 0 Å². The second-order valence-corrected chi connectivity index (χ2v) is 3.38. The van der Waals surface area contributed by atoms with Crippen molar-refractivity contribution < 1.29 is 9.47 Å². The maximum absolute atomic E-state index is 5.38. The molecule has 4 heteroatoms. The molecule has 0 saturated heterocycles. The second-order valence-electron chi connectivity index (χ2n) is 2.57. The zero-order valence-electron chi connectivity index (χ0n) is 6.87. The molecule has 0 aliphatic carbocycles. The van der Waals surface area contributed by atoms with E-state index in [1.165, 1.54) is 0 Å². The summed E-state index contributed by atoms with van der Waals surface area (Å²) >= 11 is 3.27. The number of aromatic nitrogens is 1. The number of nitrogens with zero attached hydrogens (tertiary/aromatic N) is 1. The average Bonchev–Trinajstić information content (AvgIpc) is 2.20. The van der Waals surface area contributed by atoms with E-state index in [1.54, 1.807) is 12.5 Å². The number of rotatable bonds is 1. The highest BCUT2D eigenvalue weighted by atomic mass is 79.9. The highest BCUT2D eigenvalue weighted by Crippen LogP contribution is 2.18. The Labute approximate surface area is 84.5 Å². The highest BCUT2D eigenvalue weighted by Gasteiger charge is 2.07. The van der Waals surface area contributed by atoms with Gasteiger partial charge in [0.1, 0.15) is 24.1 Å². The number of hydrogen-bond donors (Lipinski definition) is 0. The van der Waals surface area contributed by atoms with Gasteiger partial charge in [-0.1, -0.05) is 0 Å². The van der Waals surface area contributed by atoms with Crippen LogP contribution in [0.4, 0.5) is 0 Å². The summed E-state index contributed by atoms with van der Waals surface area (Å²) in [4.78, 5) is 4.09. The van der Waals surface area contributed by atoms with Gasteiger partial charge in [-0.3, -0.25) is 0 Å². The van der Waals surface area contributed by atoms with Crippen molar-refractivity contribution in [2.45, 2.75) is 0 Å². The third-order valence-corrected chi connectivity index (χ3v) is 2.13. The van der Waals surface area contributed by atoms with E-state index < -0.39 is 0 Å². The van der Waals surface area contributed by atoms with E-state index in [4.69, 9.17) is 9.47 Å². The molecular weight excluding hydrogens is 234 g/mol. The minimum absolute atomic E-state index is 0.599. The van der Waals surface area contributed by atoms with Gasteiger partial charge in [-0.05, 0) is 28.1 Å². The lowest BCUT2D eigenvalue weighted by atomic mass is 10.2. The maximum Gasteiger partial charge on any atom is 0.162 e. The smallest absolute Gasteiger partial charge is 0.162 e. The number of pyridine rings is 1. The summed E-state index contributed by atoms with van der Waals surface area (Å²) in [5.41, 5.74) is 0.933. The van der Waals surface area contributed by atoms with Crippen LogP contribution in [0.3, 0.4) is 0 Å². The van der Waals surface area contributed by atoms with Gasteiger partial charge in [-0.15, -0.1) is 0 Å². The summed E-state index contributed by atoms with van der Waals surface area (Å²) in [7, 11) is 0. The molecule has 0 spiro atoms. The third-order valence-electron chi connectivity index (χ3n) is 1.66. The summed E-state index contributed by atoms with van der Waals surface area (Å²) in [5, 5.41) is 0. The average molecular weight is 242 g/mol. The molecule has 0 aromatic carbocycles. The molecule has 68 valence electrons. The van der Waals surface area contributed by atoms with Crippen LogP contribution in [0, 0.1) is 0 Å². The van der Waals surface area contributed by atoms with Crippen LogP contribution in [0.2, 0.25) is 0 Å². The van der Waals surface area contributed by atoms with Gasteiger partial charge in [-0.25, -0.2) is 4.98 Å². The van der Waals surface area contributed by atoms with Crippen LogP contribution >= 0.6 is 15.9 Å². The quantitative estimate of drug-likeness (QED) is 0.707. The van der Waals surface area contributed by atoms with E-state index in [-0.39, 0.29) is 0 Å². The van der Waals surface area contributed by atoms with Gasteiger partial charge in [0.05, 0.1) is 0 Å². The fourth-order valence-corrected chi connectivity index (χ4v) is 1.28. The zero-order chi connectivity index (χ0) is 9.10. The summed E-state index contributed by atoms with van der Waals surface area (Å²) in [6.45, 7) is 1.22. The first-order valence-electron chi connectivity index (χ1n) is 3.93. The normalized spacial score (nSPS) is 15.6. The molecule has 2 heterocycles. The molecule has 1 aliphatic rings. The Kier molecular flexibility index (Phi) is 2.49. The molecule has 2 rings (SSSR count). The van der Waals surface area contributed by atoms with Crippen molar-refractivity contribution in [3.8, 4) is 0 Å². The van der Waals surface area contributed by atoms with E-state index in [9.17, 15) is 0 Å². The molecule has 0 saturated carbocycles. The Hall–Kier alpha value is -1.03. The molecule has 3 nitrogen and oxygen atoms in total. The Morgan fingerprint density at radius 1 is 1.31 bits per heavy atom. The van der Waals surface area contributed by atoms with Crippen LogP contribution < -0.4 is 0 Å². The molecule has 1 aromatic heterocycles. The van der Waals surface area contributed by atoms with E-state index in [0.717, 1.165) is 15.9 Å². The fourth-order valence-electron chi connectivity index (χ4n) is 1.04. The van der Waals surface area contributed by atoms with Crippen molar-refractivity contribution in [3.63, 3.8) is 0 Å². The second kappa shape index (κ2) is 3.79. The first kappa shape index (κ1) is 8.56. The molecule has 0 unspecified atom stereocenters. The van der Waals surface area contributed by atoms with E-state index in [0.29, 0.717) is 13.2 Å².